The smallest absolute Gasteiger partial charge is 0.334 e. The van der Waals surface area contributed by atoms with E-state index in [1.54, 1.807) is 0 Å². The van der Waals surface area contributed by atoms with E-state index in [-0.39, 0.29) is 29.3 Å². The molecule has 9 atom stereocenters. The number of hydrogen-bond acceptors (Lipinski definition) is 4. The quantitative estimate of drug-likeness (QED) is 0.339. The summed E-state index contributed by atoms with van der Waals surface area (Å²) in [7, 11) is 0. The van der Waals surface area contributed by atoms with Gasteiger partial charge in [0.1, 0.15) is 6.10 Å². The predicted octanol–water partition coefficient (Wildman–Crippen LogP) is 6.67. The van der Waals surface area contributed by atoms with Crippen molar-refractivity contribution in [1.82, 2.24) is 0 Å². The second kappa shape index (κ2) is 10.6. The van der Waals surface area contributed by atoms with E-state index in [0.29, 0.717) is 29.7 Å². The maximum absolute atomic E-state index is 12.5. The lowest BCUT2D eigenvalue weighted by atomic mass is 9.60. The lowest BCUT2D eigenvalue weighted by Crippen LogP contribution is -2.37. The van der Waals surface area contributed by atoms with Crippen molar-refractivity contribution >= 4 is 5.97 Å². The Hall–Kier alpha value is -2.43. The number of esters is 1. The van der Waals surface area contributed by atoms with Gasteiger partial charge in [-0.2, -0.15) is 0 Å². The van der Waals surface area contributed by atoms with E-state index in [9.17, 15) is 15.0 Å². The van der Waals surface area contributed by atoms with Crippen LogP contribution in [0.2, 0.25) is 0 Å². The van der Waals surface area contributed by atoms with Crippen LogP contribution in [-0.2, 0) is 9.53 Å². The van der Waals surface area contributed by atoms with Gasteiger partial charge in [0.05, 0.1) is 18.1 Å². The van der Waals surface area contributed by atoms with Crippen LogP contribution in [0.1, 0.15) is 77.2 Å². The van der Waals surface area contributed by atoms with E-state index in [0.717, 1.165) is 29.6 Å². The number of cyclic esters (lactones) is 1. The fourth-order valence-corrected chi connectivity index (χ4v) is 8.28. The molecule has 1 aromatic rings. The van der Waals surface area contributed by atoms with E-state index in [1.807, 2.05) is 25.1 Å². The van der Waals surface area contributed by atoms with Crippen LogP contribution in [0.3, 0.4) is 0 Å². The van der Waals surface area contributed by atoms with Crippen molar-refractivity contribution in [3.05, 3.63) is 83.5 Å². The highest BCUT2D eigenvalue weighted by Gasteiger charge is 2.52. The van der Waals surface area contributed by atoms with Crippen molar-refractivity contribution in [2.24, 2.45) is 29.1 Å². The number of benzene rings is 1. The number of rotatable bonds is 5. The zero-order valence-electron chi connectivity index (χ0n) is 23.2. The third kappa shape index (κ3) is 4.75. The zero-order chi connectivity index (χ0) is 27.2. The van der Waals surface area contributed by atoms with Crippen LogP contribution in [0.4, 0.5) is 0 Å². The highest BCUT2D eigenvalue weighted by atomic mass is 16.6. The van der Waals surface area contributed by atoms with Crippen molar-refractivity contribution < 1.29 is 19.7 Å². The van der Waals surface area contributed by atoms with Gasteiger partial charge in [0.15, 0.2) is 0 Å². The third-order valence-corrected chi connectivity index (χ3v) is 10.6. The summed E-state index contributed by atoms with van der Waals surface area (Å²) < 4.78 is 5.89. The Balaban J connectivity index is 1.32. The molecule has 4 heteroatoms. The topological polar surface area (TPSA) is 66.8 Å². The number of hydrogen-bond donors (Lipinski definition) is 2. The average Bonchev–Trinajstić information content (AvgIpc) is 3.40. The van der Waals surface area contributed by atoms with Gasteiger partial charge in [-0.1, -0.05) is 82.0 Å². The van der Waals surface area contributed by atoms with E-state index >= 15 is 0 Å². The van der Waals surface area contributed by atoms with Gasteiger partial charge in [-0.15, -0.1) is 0 Å². The Bertz CT molecular complexity index is 1150. The number of aliphatic hydroxyl groups excluding tert-OH is 2. The molecule has 3 saturated carbocycles. The van der Waals surface area contributed by atoms with Gasteiger partial charge in [-0.25, -0.2) is 4.79 Å². The van der Waals surface area contributed by atoms with Crippen LogP contribution >= 0.6 is 0 Å². The fraction of sp³-hybridized carbons (Fsp3) is 0.559. The van der Waals surface area contributed by atoms with Crippen LogP contribution in [-0.4, -0.2) is 34.5 Å². The molecular weight excluding hydrogens is 472 g/mol. The molecule has 3 aliphatic carbocycles. The molecule has 38 heavy (non-hydrogen) atoms. The Morgan fingerprint density at radius 3 is 2.61 bits per heavy atom. The maximum Gasteiger partial charge on any atom is 0.334 e. The molecule has 4 nitrogen and oxygen atoms in total. The maximum atomic E-state index is 12.5. The lowest BCUT2D eigenvalue weighted by molar-refractivity contribution is -0.139. The number of aliphatic hydroxyl groups is 2. The third-order valence-electron chi connectivity index (χ3n) is 10.6. The van der Waals surface area contributed by atoms with Crippen molar-refractivity contribution in [3.8, 4) is 0 Å². The first-order chi connectivity index (χ1) is 18.1. The van der Waals surface area contributed by atoms with Crippen LogP contribution in [0.25, 0.3) is 0 Å². The van der Waals surface area contributed by atoms with Crippen LogP contribution in [0, 0.1) is 29.1 Å². The normalized spacial score (nSPS) is 40.4. The van der Waals surface area contributed by atoms with Crippen LogP contribution < -0.4 is 0 Å². The summed E-state index contributed by atoms with van der Waals surface area (Å²) in [6.07, 6.45) is 10.3. The predicted molar refractivity (Wildman–Crippen MR) is 151 cm³/mol. The largest absolute Gasteiger partial charge is 0.458 e. The molecule has 1 saturated heterocycles. The summed E-state index contributed by atoms with van der Waals surface area (Å²) >= 11 is 0. The summed E-state index contributed by atoms with van der Waals surface area (Å²) in [6.45, 7) is 14.9. The van der Waals surface area contributed by atoms with Gasteiger partial charge in [0, 0.05) is 11.5 Å². The molecule has 0 unspecified atom stereocenters. The van der Waals surface area contributed by atoms with Crippen LogP contribution in [0.15, 0.2) is 77.9 Å². The van der Waals surface area contributed by atoms with Crippen molar-refractivity contribution in [1.29, 1.82) is 0 Å². The molecule has 1 heterocycles. The molecule has 4 fully saturated rings. The summed E-state index contributed by atoms with van der Waals surface area (Å²) in [5.41, 5.74) is 5.13. The Kier molecular flexibility index (Phi) is 7.59. The molecular formula is C34H44O4. The summed E-state index contributed by atoms with van der Waals surface area (Å²) in [4.78, 5) is 12.5. The summed E-state index contributed by atoms with van der Waals surface area (Å²) in [5, 5.41) is 20.9. The molecule has 1 aliphatic heterocycles. The first-order valence-corrected chi connectivity index (χ1v) is 14.5. The van der Waals surface area contributed by atoms with Crippen molar-refractivity contribution in [2.75, 3.05) is 0 Å². The number of ether oxygens (including phenoxy) is 1. The zero-order valence-corrected chi connectivity index (χ0v) is 23.2. The Morgan fingerprint density at radius 2 is 1.87 bits per heavy atom. The minimum absolute atomic E-state index is 0.0680. The standard InChI is InChI=1S/C34H44O4/c1-20(18-30-31(23(4)33(37)38-30)25-10-7-6-8-11-25)27-15-16-28-24(12-9-17-34(27,28)5)13-14-26-19-29(35)22(3)32(36)21(26)2/h6-8,10-11,13-14,20,22,27-32,35-36H,2,4,9,12,15-19H2,1,3,5H3/t20-,22+,27-,28+,29-,30-,31-,32-,34-/m1/s1. The second-order valence-corrected chi connectivity index (χ2v) is 12.7. The minimum Gasteiger partial charge on any atom is -0.458 e. The number of fused-ring (bicyclic) bond motifs is 1. The van der Waals surface area contributed by atoms with Crippen molar-refractivity contribution in [3.63, 3.8) is 0 Å². The first kappa shape index (κ1) is 27.1. The monoisotopic (exact) mass is 516 g/mol. The summed E-state index contributed by atoms with van der Waals surface area (Å²) in [5.74, 6) is 1.04. The molecule has 0 bridgehead atoms. The summed E-state index contributed by atoms with van der Waals surface area (Å²) in [6, 6.07) is 10.2. The Labute approximate surface area is 228 Å². The molecule has 5 rings (SSSR count). The number of allylic oxidation sites excluding steroid dienone is 3. The highest BCUT2D eigenvalue weighted by Crippen LogP contribution is 2.60. The fourth-order valence-electron chi connectivity index (χ4n) is 8.28. The molecule has 4 aliphatic rings. The molecule has 0 spiro atoms. The molecule has 0 radical (unpaired) electrons. The molecule has 2 N–H and O–H groups in total. The lowest BCUT2D eigenvalue weighted by Gasteiger charge is -2.45. The number of carbonyl (C=O) groups excluding carboxylic acids is 1. The molecule has 0 aromatic heterocycles. The van der Waals surface area contributed by atoms with Gasteiger partial charge in [-0.3, -0.25) is 0 Å². The minimum atomic E-state index is -0.683. The van der Waals surface area contributed by atoms with Crippen molar-refractivity contribution in [2.45, 2.75) is 89.9 Å². The molecule has 204 valence electrons. The highest BCUT2D eigenvalue weighted by molar-refractivity contribution is 5.92. The molecule has 1 aromatic carbocycles. The molecule has 0 amide bonds. The van der Waals surface area contributed by atoms with E-state index < -0.39 is 12.2 Å². The van der Waals surface area contributed by atoms with Gasteiger partial charge < -0.3 is 14.9 Å². The number of carbonyl (C=O) groups is 1. The van der Waals surface area contributed by atoms with E-state index in [2.05, 4.69) is 51.3 Å². The van der Waals surface area contributed by atoms with E-state index in [1.165, 1.54) is 31.3 Å². The SMILES string of the molecule is C=C1C(=CC=C2CCC[C@]3(C)[C@@H]([C@H](C)C[C@H]4OC(=O)C(=C)[C@@H]4c4ccccc4)CC[C@@H]23)C[C@@H](O)[C@H](C)[C@@H]1O. The first-order valence-electron chi connectivity index (χ1n) is 14.5. The van der Waals surface area contributed by atoms with Gasteiger partial charge in [0.2, 0.25) is 0 Å². The average molecular weight is 517 g/mol. The van der Waals surface area contributed by atoms with Gasteiger partial charge >= 0.3 is 5.97 Å². The second-order valence-electron chi connectivity index (χ2n) is 12.7. The Morgan fingerprint density at radius 1 is 1.13 bits per heavy atom. The van der Waals surface area contributed by atoms with Gasteiger partial charge in [0.25, 0.3) is 0 Å². The van der Waals surface area contributed by atoms with Gasteiger partial charge in [-0.05, 0) is 84.8 Å². The van der Waals surface area contributed by atoms with Crippen LogP contribution in [0.5, 0.6) is 0 Å². The van der Waals surface area contributed by atoms with E-state index in [4.69, 9.17) is 4.74 Å².